The van der Waals surface area contributed by atoms with Crippen molar-refractivity contribution in [3.63, 3.8) is 0 Å². The van der Waals surface area contributed by atoms with Crippen molar-refractivity contribution in [1.29, 1.82) is 0 Å². The number of rotatable bonds is 4. The van der Waals surface area contributed by atoms with Crippen LogP contribution in [-0.4, -0.2) is 25.2 Å². The molecule has 1 aromatic carbocycles. The van der Waals surface area contributed by atoms with Gasteiger partial charge in [-0.15, -0.1) is 15.3 Å². The van der Waals surface area contributed by atoms with Crippen LogP contribution in [0.5, 0.6) is 0 Å². The normalized spacial score (nSPS) is 12.5. The molecule has 2 heterocycles. The third-order valence-electron chi connectivity index (χ3n) is 2.88. The standard InChI is InChI=1S/C13H13BrN6O/c1-8(15)11-6-20(19-16-11)7-12-17-18-13(21-12)9-2-4-10(14)5-3-9/h2-6,8H,7,15H2,1H3. The lowest BCUT2D eigenvalue weighted by Crippen LogP contribution is -2.05. The van der Waals surface area contributed by atoms with Crippen LogP contribution in [0.25, 0.3) is 11.5 Å². The second-order valence-corrected chi connectivity index (χ2v) is 5.55. The third kappa shape index (κ3) is 3.17. The van der Waals surface area contributed by atoms with Crippen LogP contribution in [0, 0.1) is 0 Å². The summed E-state index contributed by atoms with van der Waals surface area (Å²) in [6.07, 6.45) is 1.77. The number of aromatic nitrogens is 5. The Morgan fingerprint density at radius 1 is 1.24 bits per heavy atom. The summed E-state index contributed by atoms with van der Waals surface area (Å²) in [5.74, 6) is 0.944. The van der Waals surface area contributed by atoms with Crippen molar-refractivity contribution in [3.05, 3.63) is 46.5 Å². The minimum absolute atomic E-state index is 0.153. The zero-order chi connectivity index (χ0) is 14.8. The Balaban J connectivity index is 1.76. The molecular formula is C13H13BrN6O. The van der Waals surface area contributed by atoms with Gasteiger partial charge in [-0.05, 0) is 31.2 Å². The van der Waals surface area contributed by atoms with Crippen molar-refractivity contribution in [2.24, 2.45) is 5.73 Å². The van der Waals surface area contributed by atoms with E-state index in [1.165, 1.54) is 0 Å². The molecule has 8 heteroatoms. The fraction of sp³-hybridized carbons (Fsp3) is 0.231. The average molecular weight is 349 g/mol. The fourth-order valence-corrected chi connectivity index (χ4v) is 2.03. The van der Waals surface area contributed by atoms with Crippen LogP contribution in [0.15, 0.2) is 39.4 Å². The van der Waals surface area contributed by atoms with E-state index >= 15 is 0 Å². The maximum atomic E-state index is 5.74. The Morgan fingerprint density at radius 2 is 2.00 bits per heavy atom. The molecule has 0 aliphatic rings. The van der Waals surface area contributed by atoms with Gasteiger partial charge in [0.15, 0.2) is 0 Å². The number of nitrogens with zero attached hydrogens (tertiary/aromatic N) is 5. The van der Waals surface area contributed by atoms with Crippen LogP contribution in [0.3, 0.4) is 0 Å². The fourth-order valence-electron chi connectivity index (χ4n) is 1.76. The predicted molar refractivity (Wildman–Crippen MR) is 79.2 cm³/mol. The summed E-state index contributed by atoms with van der Waals surface area (Å²) < 4.78 is 8.25. The third-order valence-corrected chi connectivity index (χ3v) is 3.41. The molecule has 3 aromatic rings. The molecule has 0 saturated heterocycles. The zero-order valence-electron chi connectivity index (χ0n) is 11.3. The van der Waals surface area contributed by atoms with Crippen LogP contribution < -0.4 is 5.73 Å². The molecule has 2 aromatic heterocycles. The number of halogens is 1. The second-order valence-electron chi connectivity index (χ2n) is 4.64. The average Bonchev–Trinajstić information content (AvgIpc) is 3.10. The minimum Gasteiger partial charge on any atom is -0.419 e. The van der Waals surface area contributed by atoms with Crippen molar-refractivity contribution < 1.29 is 4.42 Å². The van der Waals surface area contributed by atoms with Gasteiger partial charge in [-0.1, -0.05) is 21.1 Å². The monoisotopic (exact) mass is 348 g/mol. The van der Waals surface area contributed by atoms with Crippen LogP contribution >= 0.6 is 15.9 Å². The highest BCUT2D eigenvalue weighted by Crippen LogP contribution is 2.20. The molecule has 0 radical (unpaired) electrons. The van der Waals surface area contributed by atoms with Gasteiger partial charge >= 0.3 is 0 Å². The summed E-state index contributed by atoms with van der Waals surface area (Å²) in [7, 11) is 0. The van der Waals surface area contributed by atoms with Crippen LogP contribution in [-0.2, 0) is 6.54 Å². The van der Waals surface area contributed by atoms with E-state index in [9.17, 15) is 0 Å². The molecule has 0 fully saturated rings. The van der Waals surface area contributed by atoms with Gasteiger partial charge in [-0.25, -0.2) is 4.68 Å². The first-order chi connectivity index (χ1) is 10.1. The largest absolute Gasteiger partial charge is 0.419 e. The molecule has 0 aliphatic carbocycles. The van der Waals surface area contributed by atoms with Crippen molar-refractivity contribution in [2.75, 3.05) is 0 Å². The van der Waals surface area contributed by atoms with Crippen LogP contribution in [0.2, 0.25) is 0 Å². The summed E-state index contributed by atoms with van der Waals surface area (Å²) in [5.41, 5.74) is 7.33. The maximum absolute atomic E-state index is 5.74. The Morgan fingerprint density at radius 3 is 2.67 bits per heavy atom. The van der Waals surface area contributed by atoms with Crippen LogP contribution in [0.4, 0.5) is 0 Å². The SMILES string of the molecule is CC(N)c1cn(Cc2nnc(-c3ccc(Br)cc3)o2)nn1. The molecule has 0 aliphatic heterocycles. The van der Waals surface area contributed by atoms with Crippen LogP contribution in [0.1, 0.15) is 24.6 Å². The predicted octanol–water partition coefficient (Wildman–Crippen LogP) is 2.16. The van der Waals surface area contributed by atoms with Crippen molar-refractivity contribution in [1.82, 2.24) is 25.2 Å². The molecule has 1 unspecified atom stereocenters. The highest BCUT2D eigenvalue weighted by molar-refractivity contribution is 9.10. The first-order valence-electron chi connectivity index (χ1n) is 6.36. The summed E-state index contributed by atoms with van der Waals surface area (Å²) in [4.78, 5) is 0. The maximum Gasteiger partial charge on any atom is 0.247 e. The highest BCUT2D eigenvalue weighted by atomic mass is 79.9. The lowest BCUT2D eigenvalue weighted by atomic mass is 10.2. The molecule has 1 atom stereocenters. The molecule has 108 valence electrons. The van der Waals surface area contributed by atoms with Crippen molar-refractivity contribution in [3.8, 4) is 11.5 Å². The van der Waals surface area contributed by atoms with Gasteiger partial charge in [0.2, 0.25) is 11.8 Å². The number of hydrogen-bond acceptors (Lipinski definition) is 6. The molecule has 3 rings (SSSR count). The molecule has 21 heavy (non-hydrogen) atoms. The van der Waals surface area contributed by atoms with Crippen molar-refractivity contribution in [2.45, 2.75) is 19.5 Å². The molecule has 0 saturated carbocycles. The van der Waals surface area contributed by atoms with Gasteiger partial charge in [0, 0.05) is 16.1 Å². The topological polar surface area (TPSA) is 95.7 Å². The first-order valence-corrected chi connectivity index (χ1v) is 7.15. The van der Waals surface area contributed by atoms with Gasteiger partial charge in [-0.2, -0.15) is 0 Å². The van der Waals surface area contributed by atoms with Gasteiger partial charge in [0.05, 0.1) is 11.9 Å². The number of nitrogens with two attached hydrogens (primary N) is 1. The van der Waals surface area contributed by atoms with Gasteiger partial charge in [0.25, 0.3) is 0 Å². The Hall–Kier alpha value is -2.06. The zero-order valence-corrected chi connectivity index (χ0v) is 12.9. The van der Waals surface area contributed by atoms with E-state index in [0.29, 0.717) is 18.3 Å². The van der Waals surface area contributed by atoms with Gasteiger partial charge in [-0.3, -0.25) is 0 Å². The van der Waals surface area contributed by atoms with E-state index in [2.05, 4.69) is 36.4 Å². The van der Waals surface area contributed by atoms with E-state index in [1.54, 1.807) is 10.9 Å². The molecule has 2 N–H and O–H groups in total. The van der Waals surface area contributed by atoms with Crippen molar-refractivity contribution >= 4 is 15.9 Å². The van der Waals surface area contributed by atoms with E-state index in [1.807, 2.05) is 31.2 Å². The number of benzene rings is 1. The van der Waals surface area contributed by atoms with E-state index in [0.717, 1.165) is 15.7 Å². The Bertz CT molecular complexity index is 733. The lowest BCUT2D eigenvalue weighted by molar-refractivity contribution is 0.469. The molecule has 0 amide bonds. The van der Waals surface area contributed by atoms with E-state index in [4.69, 9.17) is 10.2 Å². The number of hydrogen-bond donors (Lipinski definition) is 1. The summed E-state index contributed by atoms with van der Waals surface area (Å²) in [5, 5.41) is 16.0. The smallest absolute Gasteiger partial charge is 0.247 e. The Kier molecular flexibility index (Phi) is 3.80. The summed E-state index contributed by atoms with van der Waals surface area (Å²) in [6, 6.07) is 7.51. The minimum atomic E-state index is -0.153. The van der Waals surface area contributed by atoms with E-state index < -0.39 is 0 Å². The van der Waals surface area contributed by atoms with Gasteiger partial charge < -0.3 is 10.2 Å². The molecular weight excluding hydrogens is 336 g/mol. The van der Waals surface area contributed by atoms with E-state index in [-0.39, 0.29) is 6.04 Å². The summed E-state index contributed by atoms with van der Waals surface area (Å²) in [6.45, 7) is 2.22. The molecule has 0 bridgehead atoms. The molecule has 7 nitrogen and oxygen atoms in total. The molecule has 0 spiro atoms. The quantitative estimate of drug-likeness (QED) is 0.775. The Labute approximate surface area is 129 Å². The second kappa shape index (κ2) is 5.74. The van der Waals surface area contributed by atoms with Gasteiger partial charge in [0.1, 0.15) is 6.54 Å². The highest BCUT2D eigenvalue weighted by Gasteiger charge is 2.11. The first kappa shape index (κ1) is 13.9. The summed E-state index contributed by atoms with van der Waals surface area (Å²) >= 11 is 3.39. The lowest BCUT2D eigenvalue weighted by Gasteiger charge is -1.96.